The molecule has 12 aromatic carbocycles. The molecule has 0 bridgehead atoms. The third-order valence-corrected chi connectivity index (χ3v) is 23.0. The van der Waals surface area contributed by atoms with Crippen LogP contribution in [0.1, 0.15) is 64.3 Å². The number of rotatable bonds is 9. The van der Waals surface area contributed by atoms with Gasteiger partial charge in [0.05, 0.1) is 33.0 Å². The average Bonchev–Trinajstić information content (AvgIpc) is 1.57. The van der Waals surface area contributed by atoms with Crippen LogP contribution in [0.2, 0.25) is 0 Å². The fourth-order valence-electron chi connectivity index (χ4n) is 16.4. The molecule has 8 heterocycles. The Bertz CT molecular complexity index is 7440. The number of pyridine rings is 4. The topological polar surface area (TPSA) is 68.1 Å². The highest BCUT2D eigenvalue weighted by atomic mass is 19.1. The summed E-state index contributed by atoms with van der Waals surface area (Å²) >= 11 is 0. The Balaban J connectivity index is 0.000000114. The highest BCUT2D eigenvalue weighted by Crippen LogP contribution is 2.45. The second-order valence-electron chi connectivity index (χ2n) is 31.8. The van der Waals surface area contributed by atoms with Crippen molar-refractivity contribution < 1.29 is 62.3 Å². The van der Waals surface area contributed by atoms with Crippen molar-refractivity contribution in [3.05, 3.63) is 359 Å². The molecule has 0 fully saturated rings. The van der Waals surface area contributed by atoms with Crippen molar-refractivity contribution in [3.63, 3.8) is 0 Å². The molecular formula is C106H86F6N4O4+4. The molecule has 20 aromatic rings. The minimum atomic E-state index is -0.649. The molecule has 120 heavy (non-hydrogen) atoms. The van der Waals surface area contributed by atoms with E-state index in [-0.39, 0.29) is 23.0 Å². The molecule has 0 atom stereocenters. The maximum absolute atomic E-state index is 14.9. The van der Waals surface area contributed by atoms with E-state index in [4.69, 9.17) is 17.7 Å². The number of fused-ring (bicyclic) bond motifs is 12. The van der Waals surface area contributed by atoms with Gasteiger partial charge in [-0.05, 0) is 169 Å². The number of furan rings is 4. The summed E-state index contributed by atoms with van der Waals surface area (Å²) in [7, 11) is 8.00. The molecular weight excluding hydrogens is 1510 g/mol. The number of aromatic nitrogens is 4. The van der Waals surface area contributed by atoms with E-state index in [1.807, 2.05) is 75.7 Å². The molecule has 20 rings (SSSR count). The number of nitrogens with zero attached hydrogens (tertiary/aromatic N) is 4. The number of hydrogen-bond donors (Lipinski definition) is 0. The van der Waals surface area contributed by atoms with E-state index in [2.05, 4.69) is 240 Å². The van der Waals surface area contributed by atoms with Gasteiger partial charge in [-0.2, -0.15) is 0 Å². The molecule has 0 aliphatic carbocycles. The number of benzene rings is 12. The van der Waals surface area contributed by atoms with Crippen molar-refractivity contribution in [2.24, 2.45) is 28.2 Å². The van der Waals surface area contributed by atoms with Gasteiger partial charge < -0.3 is 17.7 Å². The van der Waals surface area contributed by atoms with E-state index in [0.717, 1.165) is 139 Å². The zero-order valence-corrected chi connectivity index (χ0v) is 68.8. The van der Waals surface area contributed by atoms with Crippen molar-refractivity contribution in [2.75, 3.05) is 0 Å². The first-order valence-electron chi connectivity index (χ1n) is 39.9. The molecule has 8 aromatic heterocycles. The fraction of sp³-hybridized carbons (Fsp3) is 0.132. The van der Waals surface area contributed by atoms with Gasteiger partial charge in [0.1, 0.15) is 102 Å². The zero-order chi connectivity index (χ0) is 83.8. The summed E-state index contributed by atoms with van der Waals surface area (Å²) in [6, 6.07) is 80.4. The van der Waals surface area contributed by atoms with Crippen LogP contribution >= 0.6 is 0 Å². The maximum atomic E-state index is 14.9. The molecule has 0 saturated heterocycles. The van der Waals surface area contributed by atoms with Gasteiger partial charge in [-0.25, -0.2) is 44.6 Å². The monoisotopic (exact) mass is 1590 g/mol. The average molecular weight is 1590 g/mol. The van der Waals surface area contributed by atoms with Crippen LogP contribution in [0.4, 0.5) is 26.3 Å². The molecule has 0 radical (unpaired) electrons. The molecule has 8 nitrogen and oxygen atoms in total. The fourth-order valence-corrected chi connectivity index (χ4v) is 16.4. The maximum Gasteiger partial charge on any atom is 0.216 e. The minimum absolute atomic E-state index is 0.215. The first-order chi connectivity index (χ1) is 57.8. The predicted molar refractivity (Wildman–Crippen MR) is 470 cm³/mol. The summed E-state index contributed by atoms with van der Waals surface area (Å²) in [5.41, 5.74) is 30.0. The summed E-state index contributed by atoms with van der Waals surface area (Å²) in [4.78, 5) is 0. The van der Waals surface area contributed by atoms with Gasteiger partial charge in [-0.3, -0.25) is 0 Å². The van der Waals surface area contributed by atoms with Crippen molar-refractivity contribution in [2.45, 2.75) is 68.2 Å². The lowest BCUT2D eigenvalue weighted by Gasteiger charge is -2.09. The second-order valence-corrected chi connectivity index (χ2v) is 31.8. The van der Waals surface area contributed by atoms with Gasteiger partial charge >= 0.3 is 0 Å². The van der Waals surface area contributed by atoms with E-state index in [1.54, 1.807) is 18.2 Å². The minimum Gasteiger partial charge on any atom is -0.455 e. The number of aryl methyl sites for hydroxylation is 11. The molecule has 0 saturated carbocycles. The summed E-state index contributed by atoms with van der Waals surface area (Å²) in [5.74, 6) is -2.11. The van der Waals surface area contributed by atoms with Crippen molar-refractivity contribution in [1.82, 2.24) is 0 Å². The van der Waals surface area contributed by atoms with Gasteiger partial charge in [-0.1, -0.05) is 164 Å². The Morgan fingerprint density at radius 1 is 0.242 bits per heavy atom. The summed E-state index contributed by atoms with van der Waals surface area (Å²) in [6.45, 7) is 18.7. The van der Waals surface area contributed by atoms with Crippen LogP contribution in [-0.2, 0) is 28.2 Å². The molecule has 592 valence electrons. The zero-order valence-electron chi connectivity index (χ0n) is 68.8. The van der Waals surface area contributed by atoms with Crippen LogP contribution in [0.15, 0.2) is 297 Å². The van der Waals surface area contributed by atoms with E-state index < -0.39 is 17.5 Å². The highest BCUT2D eigenvalue weighted by Gasteiger charge is 2.29. The van der Waals surface area contributed by atoms with E-state index in [1.165, 1.54) is 81.9 Å². The summed E-state index contributed by atoms with van der Waals surface area (Å²) in [6.07, 6.45) is 8.15. The van der Waals surface area contributed by atoms with E-state index >= 15 is 0 Å². The molecule has 0 unspecified atom stereocenters. The second kappa shape index (κ2) is 31.8. The van der Waals surface area contributed by atoms with Crippen LogP contribution in [0.5, 0.6) is 0 Å². The molecule has 0 N–H and O–H groups in total. The van der Waals surface area contributed by atoms with Crippen molar-refractivity contribution >= 4 is 87.8 Å². The van der Waals surface area contributed by atoms with Crippen LogP contribution in [-0.4, -0.2) is 0 Å². The first kappa shape index (κ1) is 78.5. The number of halogens is 6. The highest BCUT2D eigenvalue weighted by molar-refractivity contribution is 6.13. The lowest BCUT2D eigenvalue weighted by molar-refractivity contribution is -0.660. The Kier molecular flexibility index (Phi) is 20.8. The third-order valence-electron chi connectivity index (χ3n) is 23.0. The Morgan fingerprint density at radius 3 is 0.925 bits per heavy atom. The lowest BCUT2D eigenvalue weighted by Crippen LogP contribution is -2.30. The Labute approximate surface area is 691 Å². The van der Waals surface area contributed by atoms with Gasteiger partial charge in [0, 0.05) is 111 Å². The van der Waals surface area contributed by atoms with Crippen molar-refractivity contribution in [3.8, 4) is 89.5 Å². The van der Waals surface area contributed by atoms with Crippen LogP contribution < -0.4 is 18.3 Å². The SMILES string of the molecule is Cc1ccc(-c2cc[n+](C)c(-c3c(C)cc(F)c4c3oc3cc(F)ccc34)c2)cc1.Cc1ccc(-c2cc[n+](C)c(-c3c(C)ccc4c3oc3cc(F)cc(F)c34)c2)cc1.Cc1ccc(-c2cc[n+](C)c(-c3c(C)ccc4c3oc3cc(F)ccc34)c2)cc1.Cc1ccc2c(oc3cc(F)ccc32)c1-c1cc(-c2ccc(C(C)C)cc2)cc[n+]1C. The largest absolute Gasteiger partial charge is 0.455 e. The van der Waals surface area contributed by atoms with Gasteiger partial charge in [0.25, 0.3) is 0 Å². The van der Waals surface area contributed by atoms with E-state index in [0.29, 0.717) is 55.4 Å². The van der Waals surface area contributed by atoms with Crippen LogP contribution in [0, 0.1) is 83.4 Å². The number of hydrogen-bond acceptors (Lipinski definition) is 4. The third kappa shape index (κ3) is 14.9. The Morgan fingerprint density at radius 2 is 0.542 bits per heavy atom. The first-order valence-corrected chi connectivity index (χ1v) is 39.9. The van der Waals surface area contributed by atoms with Crippen molar-refractivity contribution in [1.29, 1.82) is 0 Å². The standard InChI is InChI=1S/C28H25FNO.2C26H20F2NO.C26H21FNO/c1-17(2)19-6-8-20(9-7-19)21-13-14-30(4)25(15-21)27-18(3)5-11-24-23-12-10-22(29)16-26(23)31-28(24)27;1-15-4-7-17(8-5-15)18-10-11-29(3)22(12-18)24-16(2)6-9-20-25-21(28)13-19(27)14-23(25)30-26(20)24;1-15-4-6-17(7-5-15)18-10-11-29(3)22(13-18)24-16(2)12-21(28)25-20-9-8-19(27)14-23(20)30-26(24)25;1-16-4-7-18(8-5-16)19-12-13-28(3)23(14-19)25-17(2)6-10-22-21-11-9-20(27)15-24(21)29-26(22)25/h5-17H,1-4H3;2*4-14H,1-3H3;4-15H,1-3H3/q4*+1. The summed E-state index contributed by atoms with van der Waals surface area (Å²) in [5, 5.41) is 5.77. The van der Waals surface area contributed by atoms with Gasteiger partial charge in [0.2, 0.25) is 22.8 Å². The molecule has 0 amide bonds. The Hall–Kier alpha value is -14.0. The van der Waals surface area contributed by atoms with Gasteiger partial charge in [0.15, 0.2) is 30.4 Å². The molecule has 0 aliphatic heterocycles. The smallest absolute Gasteiger partial charge is 0.216 e. The summed E-state index contributed by atoms with van der Waals surface area (Å²) < 4.78 is 117. The van der Waals surface area contributed by atoms with E-state index in [9.17, 15) is 26.3 Å². The lowest BCUT2D eigenvalue weighted by atomic mass is 9.96. The predicted octanol–water partition coefficient (Wildman–Crippen LogP) is 27.1. The van der Waals surface area contributed by atoms with Gasteiger partial charge in [-0.15, -0.1) is 0 Å². The molecule has 14 heteroatoms. The molecule has 0 spiro atoms. The molecule has 0 aliphatic rings. The normalized spacial score (nSPS) is 11.5. The quantitative estimate of drug-likeness (QED) is 0.107. The van der Waals surface area contributed by atoms with Crippen LogP contribution in [0.25, 0.3) is 177 Å². The van der Waals surface area contributed by atoms with Crippen LogP contribution in [0.3, 0.4) is 0 Å².